The van der Waals surface area contributed by atoms with Gasteiger partial charge >= 0.3 is 0 Å². The van der Waals surface area contributed by atoms with Gasteiger partial charge in [-0.2, -0.15) is 0 Å². The molecule has 0 radical (unpaired) electrons. The monoisotopic (exact) mass is 834 g/mol. The molecule has 3 heterocycles. The SMILES string of the molecule is Cc1cc(C)c(-c2ccc3oc4c(c3c2)N(c2ccccc2)c2cc(C)cc3c2B4c2cc4c(cc2N3c2ccc(C(C)(C)C)cc2-c2ccccc2)C(C)(C)CCC4(C)C)c(C)c1. The van der Waals surface area contributed by atoms with Gasteiger partial charge in [0.25, 0.3) is 6.71 Å². The maximum atomic E-state index is 7.41. The highest BCUT2D eigenvalue weighted by atomic mass is 16.3. The van der Waals surface area contributed by atoms with Crippen LogP contribution in [0, 0.1) is 27.7 Å². The van der Waals surface area contributed by atoms with Gasteiger partial charge in [-0.05, 0) is 172 Å². The lowest BCUT2D eigenvalue weighted by molar-refractivity contribution is 0.332. The minimum Gasteiger partial charge on any atom is -0.468 e. The summed E-state index contributed by atoms with van der Waals surface area (Å²) in [7, 11) is 0. The van der Waals surface area contributed by atoms with E-state index in [1.807, 2.05) is 0 Å². The van der Waals surface area contributed by atoms with E-state index in [9.17, 15) is 0 Å². The van der Waals surface area contributed by atoms with Crippen molar-refractivity contribution in [3.63, 3.8) is 0 Å². The van der Waals surface area contributed by atoms with Crippen molar-refractivity contribution in [2.24, 2.45) is 0 Å². The van der Waals surface area contributed by atoms with Crippen molar-refractivity contribution >= 4 is 68.4 Å². The van der Waals surface area contributed by atoms with Gasteiger partial charge in [0.15, 0.2) is 0 Å². The molecule has 0 spiro atoms. The Balaban J connectivity index is 1.27. The van der Waals surface area contributed by atoms with E-state index >= 15 is 0 Å². The lowest BCUT2D eigenvalue weighted by Gasteiger charge is -2.47. The fourth-order valence-electron chi connectivity index (χ4n) is 11.6. The molecule has 1 aromatic heterocycles. The quantitative estimate of drug-likeness (QED) is 0.165. The third kappa shape index (κ3) is 6.16. The molecular formula is C60H59BN2O. The number of fused-ring (bicyclic) bond motifs is 7. The molecule has 11 rings (SSSR count). The number of hydrogen-bond acceptors (Lipinski definition) is 3. The minimum absolute atomic E-state index is 0.0186. The van der Waals surface area contributed by atoms with E-state index in [0.29, 0.717) is 0 Å². The van der Waals surface area contributed by atoms with Crippen LogP contribution in [-0.4, -0.2) is 6.71 Å². The van der Waals surface area contributed by atoms with Crippen LogP contribution in [0.2, 0.25) is 0 Å². The van der Waals surface area contributed by atoms with Crippen molar-refractivity contribution in [3.8, 4) is 22.3 Å². The Hall–Kier alpha value is -6.26. The Labute approximate surface area is 380 Å². The molecule has 8 aromatic rings. The number of furan rings is 1. The summed E-state index contributed by atoms with van der Waals surface area (Å²) in [6.45, 7) is 25.6. The van der Waals surface area contributed by atoms with Gasteiger partial charge in [-0.3, -0.25) is 0 Å². The first-order chi connectivity index (χ1) is 30.5. The van der Waals surface area contributed by atoms with Gasteiger partial charge in [0, 0.05) is 33.7 Å². The molecule has 1 aliphatic carbocycles. The first kappa shape index (κ1) is 40.5. The van der Waals surface area contributed by atoms with Crippen molar-refractivity contribution in [2.75, 3.05) is 9.80 Å². The molecule has 0 saturated heterocycles. The standard InChI is InChI=1S/C60H59BN2O/c1-36-28-38(3)54(39(4)29-36)41-22-25-53-45(32-41)56-57(64-53)61-48-34-46-47(60(10,11)27-26-59(46,8)9)35-50(48)63(49-24-23-42(58(5,6)7)33-44(49)40-18-14-12-15-19-40)52-31-37(2)30-51(55(52)61)62(56)43-20-16-13-17-21-43/h12-25,28-35H,26-27H2,1-11H3. The molecule has 0 fully saturated rings. The number of anilines is 6. The smallest absolute Gasteiger partial charge is 0.297 e. The lowest BCUT2D eigenvalue weighted by atomic mass is 9.35. The molecule has 7 aromatic carbocycles. The van der Waals surface area contributed by atoms with Crippen molar-refractivity contribution < 1.29 is 4.42 Å². The van der Waals surface area contributed by atoms with Crippen LogP contribution in [0.25, 0.3) is 33.2 Å². The van der Waals surface area contributed by atoms with E-state index in [4.69, 9.17) is 4.42 Å². The fourth-order valence-corrected chi connectivity index (χ4v) is 11.6. The van der Waals surface area contributed by atoms with E-state index in [2.05, 4.69) is 219 Å². The van der Waals surface area contributed by atoms with Crippen molar-refractivity contribution in [1.82, 2.24) is 0 Å². The molecule has 0 unspecified atom stereocenters. The predicted molar refractivity (Wildman–Crippen MR) is 274 cm³/mol. The first-order valence-electron chi connectivity index (χ1n) is 23.3. The van der Waals surface area contributed by atoms with Gasteiger partial charge in [-0.25, -0.2) is 0 Å². The predicted octanol–water partition coefficient (Wildman–Crippen LogP) is 14.7. The first-order valence-corrected chi connectivity index (χ1v) is 23.3. The van der Waals surface area contributed by atoms with Crippen LogP contribution in [0.4, 0.5) is 34.1 Å². The Morgan fingerprint density at radius 2 is 1.17 bits per heavy atom. The molecule has 0 amide bonds. The zero-order chi connectivity index (χ0) is 44.6. The second-order valence-electron chi connectivity index (χ2n) is 21.5. The van der Waals surface area contributed by atoms with Crippen LogP contribution in [0.1, 0.15) is 100 Å². The van der Waals surface area contributed by atoms with Crippen molar-refractivity contribution in [1.29, 1.82) is 0 Å². The maximum absolute atomic E-state index is 7.41. The molecule has 2 aliphatic heterocycles. The molecule has 0 bridgehead atoms. The summed E-state index contributed by atoms with van der Waals surface area (Å²) in [6.07, 6.45) is 2.29. The van der Waals surface area contributed by atoms with Gasteiger partial charge in [0.1, 0.15) is 5.58 Å². The third-order valence-corrected chi connectivity index (χ3v) is 14.9. The third-order valence-electron chi connectivity index (χ3n) is 14.9. The van der Waals surface area contributed by atoms with Crippen LogP contribution in [-0.2, 0) is 16.2 Å². The number of rotatable bonds is 4. The van der Waals surface area contributed by atoms with Crippen molar-refractivity contribution in [2.45, 2.75) is 105 Å². The van der Waals surface area contributed by atoms with Crippen LogP contribution in [0.15, 0.2) is 138 Å². The van der Waals surface area contributed by atoms with E-state index < -0.39 is 0 Å². The minimum atomic E-state index is -0.134. The number of para-hydroxylation sites is 1. The summed E-state index contributed by atoms with van der Waals surface area (Å²) in [6, 6.07) is 50.8. The Morgan fingerprint density at radius 3 is 1.83 bits per heavy atom. The largest absolute Gasteiger partial charge is 0.468 e. The highest BCUT2D eigenvalue weighted by Gasteiger charge is 2.49. The Morgan fingerprint density at radius 1 is 0.562 bits per heavy atom. The highest BCUT2D eigenvalue weighted by Crippen LogP contribution is 2.53. The second-order valence-corrected chi connectivity index (χ2v) is 21.5. The zero-order valence-electron chi connectivity index (χ0n) is 39.5. The molecule has 3 aliphatic rings. The van der Waals surface area contributed by atoms with Crippen LogP contribution < -0.4 is 26.4 Å². The van der Waals surface area contributed by atoms with Gasteiger partial charge in [0.2, 0.25) is 0 Å². The number of benzene rings is 7. The molecule has 0 saturated carbocycles. The van der Waals surface area contributed by atoms with E-state index in [0.717, 1.165) is 40.8 Å². The summed E-state index contributed by atoms with van der Waals surface area (Å²) >= 11 is 0. The van der Waals surface area contributed by atoms with Gasteiger partial charge in [-0.15, -0.1) is 0 Å². The molecular weight excluding hydrogens is 775 g/mol. The molecule has 4 heteroatoms. The summed E-state index contributed by atoms with van der Waals surface area (Å²) in [4.78, 5) is 5.14. The van der Waals surface area contributed by atoms with E-state index in [1.165, 1.54) is 94.9 Å². The fraction of sp³-hybridized carbons (Fsp3) is 0.267. The summed E-state index contributed by atoms with van der Waals surface area (Å²) < 4.78 is 7.41. The maximum Gasteiger partial charge on any atom is 0.297 e. The van der Waals surface area contributed by atoms with Crippen LogP contribution >= 0.6 is 0 Å². The Kier molecular flexibility index (Phi) is 8.94. The van der Waals surface area contributed by atoms with Crippen LogP contribution in [0.5, 0.6) is 0 Å². The molecule has 318 valence electrons. The number of hydrogen-bond donors (Lipinski definition) is 0. The van der Waals surface area contributed by atoms with Crippen LogP contribution in [0.3, 0.4) is 0 Å². The normalized spacial score (nSPS) is 15.8. The lowest BCUT2D eigenvalue weighted by Crippen LogP contribution is -2.61. The summed E-state index contributed by atoms with van der Waals surface area (Å²) in [5.41, 5.74) is 25.9. The second kappa shape index (κ2) is 14.1. The molecule has 64 heavy (non-hydrogen) atoms. The average Bonchev–Trinajstić information content (AvgIpc) is 3.63. The summed E-state index contributed by atoms with van der Waals surface area (Å²) in [5, 5.41) is 1.14. The zero-order valence-corrected chi connectivity index (χ0v) is 39.5. The molecule has 3 nitrogen and oxygen atoms in total. The highest BCUT2D eigenvalue weighted by molar-refractivity contribution is 7.00. The van der Waals surface area contributed by atoms with Gasteiger partial charge in [-0.1, -0.05) is 133 Å². The molecule has 0 atom stereocenters. The van der Waals surface area contributed by atoms with E-state index in [-0.39, 0.29) is 23.0 Å². The molecule has 0 N–H and O–H groups in total. The number of nitrogens with zero attached hydrogens (tertiary/aromatic N) is 2. The summed E-state index contributed by atoms with van der Waals surface area (Å²) in [5.74, 6) is 0. The van der Waals surface area contributed by atoms with Crippen molar-refractivity contribution in [3.05, 3.63) is 172 Å². The topological polar surface area (TPSA) is 19.6 Å². The van der Waals surface area contributed by atoms with Gasteiger partial charge < -0.3 is 14.2 Å². The van der Waals surface area contributed by atoms with E-state index in [1.54, 1.807) is 0 Å². The Bertz CT molecular complexity index is 3180. The average molecular weight is 835 g/mol. The number of aryl methyl sites for hydroxylation is 4. The van der Waals surface area contributed by atoms with Gasteiger partial charge in [0.05, 0.1) is 17.0 Å².